The average molecular weight is 359 g/mol. The van der Waals surface area contributed by atoms with Crippen molar-refractivity contribution in [2.75, 3.05) is 37.7 Å². The lowest BCUT2D eigenvalue weighted by atomic mass is 10.1. The Morgan fingerprint density at radius 3 is 2.40 bits per heavy atom. The normalized spacial score (nSPS) is 14.4. The monoisotopic (exact) mass is 358 g/mol. The molecule has 1 saturated heterocycles. The summed E-state index contributed by atoms with van der Waals surface area (Å²) < 4.78 is 5.36. The molecule has 3 rings (SSSR count). The van der Waals surface area contributed by atoms with Crippen LogP contribution < -0.4 is 10.2 Å². The number of halogens is 1. The van der Waals surface area contributed by atoms with Gasteiger partial charge in [0, 0.05) is 35.9 Å². The van der Waals surface area contributed by atoms with Crippen molar-refractivity contribution in [2.45, 2.75) is 12.8 Å². The number of carbonyl (C=O) groups excluding carboxylic acids is 1. The Morgan fingerprint density at radius 1 is 1.04 bits per heavy atom. The summed E-state index contributed by atoms with van der Waals surface area (Å²) in [5.74, 6) is -0.0235. The van der Waals surface area contributed by atoms with Gasteiger partial charge < -0.3 is 15.0 Å². The van der Waals surface area contributed by atoms with Crippen molar-refractivity contribution < 1.29 is 9.53 Å². The molecule has 1 aliphatic heterocycles. The Hall–Kier alpha value is -2.04. The minimum atomic E-state index is -0.0235. The average Bonchev–Trinajstić information content (AvgIpc) is 2.67. The molecule has 4 nitrogen and oxygen atoms in total. The highest BCUT2D eigenvalue weighted by Crippen LogP contribution is 2.16. The zero-order valence-corrected chi connectivity index (χ0v) is 15.0. The summed E-state index contributed by atoms with van der Waals surface area (Å²) in [5.41, 5.74) is 3.07. The fourth-order valence-corrected chi connectivity index (χ4v) is 3.02. The first-order valence-corrected chi connectivity index (χ1v) is 9.05. The molecule has 1 heterocycles. The number of amides is 1. The quantitative estimate of drug-likeness (QED) is 0.803. The van der Waals surface area contributed by atoms with Gasteiger partial charge in [-0.2, -0.15) is 0 Å². The second-order valence-electron chi connectivity index (χ2n) is 6.13. The number of hydrogen-bond acceptors (Lipinski definition) is 3. The largest absolute Gasteiger partial charge is 0.378 e. The van der Waals surface area contributed by atoms with Crippen LogP contribution in [0.3, 0.4) is 0 Å². The number of nitrogens with zero attached hydrogens (tertiary/aromatic N) is 1. The number of morpholine rings is 1. The number of benzene rings is 2. The first kappa shape index (κ1) is 17.8. The molecule has 1 fully saturated rings. The molecule has 25 heavy (non-hydrogen) atoms. The third-order valence-corrected chi connectivity index (χ3v) is 4.60. The van der Waals surface area contributed by atoms with Crippen LogP contribution in [-0.4, -0.2) is 38.8 Å². The van der Waals surface area contributed by atoms with E-state index in [0.717, 1.165) is 49.9 Å². The minimum Gasteiger partial charge on any atom is -0.378 e. The molecule has 0 saturated carbocycles. The van der Waals surface area contributed by atoms with Crippen LogP contribution in [0, 0.1) is 0 Å². The number of hydrogen-bond donors (Lipinski definition) is 1. The predicted molar refractivity (Wildman–Crippen MR) is 102 cm³/mol. The fourth-order valence-electron chi connectivity index (χ4n) is 2.89. The van der Waals surface area contributed by atoms with Gasteiger partial charge in [-0.3, -0.25) is 4.79 Å². The topological polar surface area (TPSA) is 41.6 Å². The zero-order chi connectivity index (χ0) is 17.5. The highest BCUT2D eigenvalue weighted by molar-refractivity contribution is 6.30. The van der Waals surface area contributed by atoms with Gasteiger partial charge in [0.25, 0.3) is 5.91 Å². The highest BCUT2D eigenvalue weighted by Gasteiger charge is 2.12. The molecule has 0 radical (unpaired) electrons. The predicted octanol–water partition coefficient (Wildman–Crippen LogP) is 3.54. The molecular weight excluding hydrogens is 336 g/mol. The molecule has 0 bridgehead atoms. The van der Waals surface area contributed by atoms with Gasteiger partial charge in [0.15, 0.2) is 0 Å². The number of anilines is 1. The minimum absolute atomic E-state index is 0.0235. The fraction of sp³-hybridized carbons (Fsp3) is 0.350. The first-order valence-electron chi connectivity index (χ1n) is 8.68. The summed E-state index contributed by atoms with van der Waals surface area (Å²) in [4.78, 5) is 14.5. The van der Waals surface area contributed by atoms with E-state index in [2.05, 4.69) is 10.2 Å². The van der Waals surface area contributed by atoms with Crippen LogP contribution in [-0.2, 0) is 11.2 Å². The van der Waals surface area contributed by atoms with Gasteiger partial charge in [0.05, 0.1) is 13.2 Å². The van der Waals surface area contributed by atoms with E-state index in [9.17, 15) is 4.79 Å². The SMILES string of the molecule is O=C(NCCCc1ccc(Cl)cc1)c1ccc(N2CCOCC2)cc1. The lowest BCUT2D eigenvalue weighted by molar-refractivity contribution is 0.0953. The molecule has 0 spiro atoms. The second kappa shape index (κ2) is 8.88. The maximum atomic E-state index is 12.2. The summed E-state index contributed by atoms with van der Waals surface area (Å²) in [6.45, 7) is 3.98. The summed E-state index contributed by atoms with van der Waals surface area (Å²) in [6.07, 6.45) is 1.83. The maximum absolute atomic E-state index is 12.2. The van der Waals surface area contributed by atoms with Crippen LogP contribution in [0.4, 0.5) is 5.69 Å². The van der Waals surface area contributed by atoms with E-state index in [1.54, 1.807) is 0 Å². The Balaban J connectivity index is 1.43. The molecule has 0 aromatic heterocycles. The first-order chi connectivity index (χ1) is 12.2. The van der Waals surface area contributed by atoms with E-state index in [-0.39, 0.29) is 5.91 Å². The van der Waals surface area contributed by atoms with Crippen LogP contribution >= 0.6 is 11.6 Å². The molecule has 132 valence electrons. The second-order valence-corrected chi connectivity index (χ2v) is 6.57. The number of carbonyl (C=O) groups is 1. The number of aryl methyl sites for hydroxylation is 1. The molecule has 5 heteroatoms. The Labute approximate surface area is 153 Å². The van der Waals surface area contributed by atoms with Crippen LogP contribution in [0.1, 0.15) is 22.3 Å². The van der Waals surface area contributed by atoms with Crippen LogP contribution in [0.5, 0.6) is 0 Å². The summed E-state index contributed by atoms with van der Waals surface area (Å²) in [5, 5.41) is 3.73. The van der Waals surface area contributed by atoms with Crippen molar-refractivity contribution in [3.63, 3.8) is 0 Å². The molecule has 0 aliphatic carbocycles. The van der Waals surface area contributed by atoms with Gasteiger partial charge in [0.2, 0.25) is 0 Å². The zero-order valence-electron chi connectivity index (χ0n) is 14.2. The van der Waals surface area contributed by atoms with Crippen molar-refractivity contribution >= 4 is 23.2 Å². The van der Waals surface area contributed by atoms with Crippen LogP contribution in [0.25, 0.3) is 0 Å². The van der Waals surface area contributed by atoms with Gasteiger partial charge in [0.1, 0.15) is 0 Å². The molecular formula is C20H23ClN2O2. The van der Waals surface area contributed by atoms with E-state index in [0.29, 0.717) is 12.1 Å². The lowest BCUT2D eigenvalue weighted by Gasteiger charge is -2.28. The van der Waals surface area contributed by atoms with E-state index >= 15 is 0 Å². The molecule has 2 aromatic carbocycles. The van der Waals surface area contributed by atoms with Gasteiger partial charge in [-0.1, -0.05) is 23.7 Å². The smallest absolute Gasteiger partial charge is 0.251 e. The third kappa shape index (κ3) is 5.21. The van der Waals surface area contributed by atoms with Crippen molar-refractivity contribution in [1.82, 2.24) is 5.32 Å². The van der Waals surface area contributed by atoms with Gasteiger partial charge in [-0.05, 0) is 54.8 Å². The molecule has 0 atom stereocenters. The number of nitrogens with one attached hydrogen (secondary N) is 1. The summed E-state index contributed by atoms with van der Waals surface area (Å²) in [6, 6.07) is 15.6. The van der Waals surface area contributed by atoms with Gasteiger partial charge >= 0.3 is 0 Å². The highest BCUT2D eigenvalue weighted by atomic mass is 35.5. The van der Waals surface area contributed by atoms with E-state index in [1.165, 1.54) is 5.56 Å². The number of ether oxygens (including phenoxy) is 1. The molecule has 1 aliphatic rings. The Morgan fingerprint density at radius 2 is 1.72 bits per heavy atom. The lowest BCUT2D eigenvalue weighted by Crippen LogP contribution is -2.36. The number of rotatable bonds is 6. The van der Waals surface area contributed by atoms with Crippen LogP contribution in [0.15, 0.2) is 48.5 Å². The van der Waals surface area contributed by atoms with Crippen molar-refractivity contribution in [1.29, 1.82) is 0 Å². The Bertz CT molecular complexity index is 680. The van der Waals surface area contributed by atoms with E-state index in [4.69, 9.17) is 16.3 Å². The van der Waals surface area contributed by atoms with Crippen molar-refractivity contribution in [2.24, 2.45) is 0 Å². The maximum Gasteiger partial charge on any atom is 0.251 e. The van der Waals surface area contributed by atoms with Gasteiger partial charge in [-0.15, -0.1) is 0 Å². The molecule has 1 amide bonds. The standard InChI is InChI=1S/C20H23ClN2O2/c21-18-7-3-16(4-8-18)2-1-11-22-20(24)17-5-9-19(10-6-17)23-12-14-25-15-13-23/h3-10H,1-2,11-15H2,(H,22,24). The summed E-state index contributed by atoms with van der Waals surface area (Å²) in [7, 11) is 0. The molecule has 1 N–H and O–H groups in total. The van der Waals surface area contributed by atoms with Crippen molar-refractivity contribution in [3.05, 3.63) is 64.7 Å². The third-order valence-electron chi connectivity index (χ3n) is 4.35. The van der Waals surface area contributed by atoms with Gasteiger partial charge in [-0.25, -0.2) is 0 Å². The summed E-state index contributed by atoms with van der Waals surface area (Å²) >= 11 is 5.88. The Kier molecular flexibility index (Phi) is 6.31. The van der Waals surface area contributed by atoms with Crippen LogP contribution in [0.2, 0.25) is 5.02 Å². The molecule has 0 unspecified atom stereocenters. The van der Waals surface area contributed by atoms with E-state index < -0.39 is 0 Å². The molecule has 2 aromatic rings. The van der Waals surface area contributed by atoms with Crippen molar-refractivity contribution in [3.8, 4) is 0 Å². The van der Waals surface area contributed by atoms with E-state index in [1.807, 2.05) is 48.5 Å².